The van der Waals surface area contributed by atoms with Crippen molar-refractivity contribution in [3.63, 3.8) is 0 Å². The molecule has 0 unspecified atom stereocenters. The number of benzene rings is 1. The molecule has 3 rings (SSSR count). The highest BCUT2D eigenvalue weighted by molar-refractivity contribution is 6.30. The highest BCUT2D eigenvalue weighted by Crippen LogP contribution is 2.25. The fourth-order valence-electron chi connectivity index (χ4n) is 1.98. The molecular formula is C15H11ClN2O2. The molecule has 100 valence electrons. The van der Waals surface area contributed by atoms with Crippen LogP contribution in [-0.4, -0.2) is 16.1 Å². The zero-order chi connectivity index (χ0) is 14.1. The second-order valence-electron chi connectivity index (χ2n) is 4.39. The Balaban J connectivity index is 2.11. The van der Waals surface area contributed by atoms with Crippen molar-refractivity contribution in [2.75, 3.05) is 0 Å². The number of aromatic nitrogens is 2. The lowest BCUT2D eigenvalue weighted by atomic mass is 10.2. The van der Waals surface area contributed by atoms with E-state index >= 15 is 0 Å². The molecule has 2 aromatic heterocycles. The van der Waals surface area contributed by atoms with Crippen molar-refractivity contribution in [2.45, 2.75) is 6.92 Å². The molecule has 0 atom stereocenters. The number of aldehydes is 1. The van der Waals surface area contributed by atoms with Crippen molar-refractivity contribution in [3.8, 4) is 17.1 Å². The molecule has 0 aliphatic heterocycles. The zero-order valence-electron chi connectivity index (χ0n) is 10.7. The van der Waals surface area contributed by atoms with Gasteiger partial charge in [0.15, 0.2) is 12.0 Å². The molecule has 0 amide bonds. The molecule has 3 aromatic rings. The first-order valence-electron chi connectivity index (χ1n) is 6.05. The van der Waals surface area contributed by atoms with Crippen molar-refractivity contribution in [3.05, 3.63) is 58.9 Å². The quantitative estimate of drug-likeness (QED) is 0.686. The van der Waals surface area contributed by atoms with Crippen molar-refractivity contribution < 1.29 is 9.21 Å². The van der Waals surface area contributed by atoms with E-state index in [-0.39, 0.29) is 0 Å². The first-order chi connectivity index (χ1) is 9.67. The highest BCUT2D eigenvalue weighted by Gasteiger charge is 2.14. The van der Waals surface area contributed by atoms with Crippen LogP contribution in [-0.2, 0) is 0 Å². The van der Waals surface area contributed by atoms with Crippen molar-refractivity contribution in [2.24, 2.45) is 0 Å². The van der Waals surface area contributed by atoms with Gasteiger partial charge >= 0.3 is 0 Å². The maximum atomic E-state index is 11.2. The van der Waals surface area contributed by atoms with Crippen LogP contribution in [0.2, 0.25) is 5.02 Å². The molecule has 0 radical (unpaired) electrons. The Kier molecular flexibility index (Phi) is 3.16. The standard InChI is InChI=1S/C15H11ClN2O2/c1-10-5-6-14(20-10)15-11(9-19)8-18(17-15)13-4-2-3-12(16)7-13/h2-9H,1H3. The van der Waals surface area contributed by atoms with Crippen LogP contribution in [0.5, 0.6) is 0 Å². The van der Waals surface area contributed by atoms with E-state index in [1.54, 1.807) is 29.1 Å². The molecule has 4 nitrogen and oxygen atoms in total. The predicted octanol–water partition coefficient (Wildman–Crippen LogP) is 3.91. The Morgan fingerprint density at radius 2 is 2.15 bits per heavy atom. The number of hydrogen-bond acceptors (Lipinski definition) is 3. The van der Waals surface area contributed by atoms with E-state index in [2.05, 4.69) is 5.10 Å². The molecule has 0 aliphatic carbocycles. The smallest absolute Gasteiger partial charge is 0.155 e. The van der Waals surface area contributed by atoms with Crippen molar-refractivity contribution >= 4 is 17.9 Å². The lowest BCUT2D eigenvalue weighted by Crippen LogP contribution is -1.94. The number of rotatable bonds is 3. The van der Waals surface area contributed by atoms with E-state index < -0.39 is 0 Å². The van der Waals surface area contributed by atoms with Crippen molar-refractivity contribution in [1.29, 1.82) is 0 Å². The Bertz CT molecular complexity index is 774. The summed E-state index contributed by atoms with van der Waals surface area (Å²) in [5.74, 6) is 1.35. The van der Waals surface area contributed by atoms with Crippen LogP contribution < -0.4 is 0 Å². The molecule has 20 heavy (non-hydrogen) atoms. The van der Waals surface area contributed by atoms with E-state index in [1.807, 2.05) is 25.1 Å². The third-order valence-corrected chi connectivity index (χ3v) is 3.15. The minimum atomic E-state index is 0.472. The SMILES string of the molecule is Cc1ccc(-c2nn(-c3cccc(Cl)c3)cc2C=O)o1. The summed E-state index contributed by atoms with van der Waals surface area (Å²) in [6.07, 6.45) is 2.42. The molecular weight excluding hydrogens is 276 g/mol. The molecule has 0 N–H and O–H groups in total. The van der Waals surface area contributed by atoms with Gasteiger partial charge in [0, 0.05) is 11.2 Å². The van der Waals surface area contributed by atoms with Gasteiger partial charge in [-0.1, -0.05) is 17.7 Å². The Morgan fingerprint density at radius 1 is 1.30 bits per heavy atom. The van der Waals surface area contributed by atoms with Crippen LogP contribution in [0, 0.1) is 6.92 Å². The summed E-state index contributed by atoms with van der Waals surface area (Å²) in [6, 6.07) is 10.9. The third-order valence-electron chi connectivity index (χ3n) is 2.92. The molecule has 2 heterocycles. The minimum Gasteiger partial charge on any atom is -0.460 e. The van der Waals surface area contributed by atoms with E-state index in [0.29, 0.717) is 22.0 Å². The Hall–Kier alpha value is -2.33. The van der Waals surface area contributed by atoms with E-state index in [0.717, 1.165) is 17.7 Å². The monoisotopic (exact) mass is 286 g/mol. The lowest BCUT2D eigenvalue weighted by Gasteiger charge is -2.00. The van der Waals surface area contributed by atoms with Gasteiger partial charge < -0.3 is 4.42 Å². The Labute approximate surface area is 120 Å². The van der Waals surface area contributed by atoms with Crippen LogP contribution in [0.25, 0.3) is 17.1 Å². The topological polar surface area (TPSA) is 48.0 Å². The van der Waals surface area contributed by atoms with Crippen LogP contribution in [0.15, 0.2) is 47.0 Å². The van der Waals surface area contributed by atoms with Crippen LogP contribution >= 0.6 is 11.6 Å². The van der Waals surface area contributed by atoms with Crippen molar-refractivity contribution in [1.82, 2.24) is 9.78 Å². The Morgan fingerprint density at radius 3 is 2.80 bits per heavy atom. The molecule has 0 fully saturated rings. The van der Waals surface area contributed by atoms with E-state index in [4.69, 9.17) is 16.0 Å². The third kappa shape index (κ3) is 2.26. The van der Waals surface area contributed by atoms with Gasteiger partial charge in [0.1, 0.15) is 11.5 Å². The fourth-order valence-corrected chi connectivity index (χ4v) is 2.16. The maximum Gasteiger partial charge on any atom is 0.155 e. The van der Waals surface area contributed by atoms with Gasteiger partial charge in [-0.05, 0) is 37.3 Å². The molecule has 0 aliphatic rings. The second-order valence-corrected chi connectivity index (χ2v) is 4.82. The zero-order valence-corrected chi connectivity index (χ0v) is 11.5. The van der Waals surface area contributed by atoms with Gasteiger partial charge in [-0.3, -0.25) is 4.79 Å². The molecule has 0 bridgehead atoms. The number of carbonyl (C=O) groups is 1. The van der Waals surface area contributed by atoms with Crippen LogP contribution in [0.4, 0.5) is 0 Å². The number of hydrogen-bond donors (Lipinski definition) is 0. The average Bonchev–Trinajstić information content (AvgIpc) is 3.04. The lowest BCUT2D eigenvalue weighted by molar-refractivity contribution is 0.112. The molecule has 0 saturated heterocycles. The summed E-state index contributed by atoms with van der Waals surface area (Å²) in [6.45, 7) is 1.85. The summed E-state index contributed by atoms with van der Waals surface area (Å²) in [4.78, 5) is 11.2. The summed E-state index contributed by atoms with van der Waals surface area (Å²) in [5.41, 5.74) is 1.78. The largest absolute Gasteiger partial charge is 0.460 e. The first kappa shape index (κ1) is 12.7. The molecule has 0 saturated carbocycles. The van der Waals surface area contributed by atoms with Gasteiger partial charge in [-0.25, -0.2) is 4.68 Å². The predicted molar refractivity (Wildman–Crippen MR) is 76.4 cm³/mol. The first-order valence-corrected chi connectivity index (χ1v) is 6.43. The van der Waals surface area contributed by atoms with Crippen LogP contribution in [0.1, 0.15) is 16.1 Å². The normalized spacial score (nSPS) is 10.7. The van der Waals surface area contributed by atoms with E-state index in [1.165, 1.54) is 0 Å². The van der Waals surface area contributed by atoms with E-state index in [9.17, 15) is 4.79 Å². The van der Waals surface area contributed by atoms with Crippen LogP contribution in [0.3, 0.4) is 0 Å². The number of nitrogens with zero attached hydrogens (tertiary/aromatic N) is 2. The number of aryl methyl sites for hydroxylation is 1. The van der Waals surface area contributed by atoms with Gasteiger partial charge in [0.05, 0.1) is 11.3 Å². The second kappa shape index (κ2) is 4.98. The summed E-state index contributed by atoms with van der Waals surface area (Å²) in [5, 5.41) is 5.02. The summed E-state index contributed by atoms with van der Waals surface area (Å²) < 4.78 is 7.14. The van der Waals surface area contributed by atoms with Gasteiger partial charge in [0.2, 0.25) is 0 Å². The molecule has 1 aromatic carbocycles. The van der Waals surface area contributed by atoms with Gasteiger partial charge in [-0.15, -0.1) is 0 Å². The minimum absolute atomic E-state index is 0.472. The number of carbonyl (C=O) groups excluding carboxylic acids is 1. The fraction of sp³-hybridized carbons (Fsp3) is 0.0667. The number of furan rings is 1. The number of halogens is 1. The van der Waals surface area contributed by atoms with Gasteiger partial charge in [-0.2, -0.15) is 5.10 Å². The summed E-state index contributed by atoms with van der Waals surface area (Å²) in [7, 11) is 0. The van der Waals surface area contributed by atoms with Gasteiger partial charge in [0.25, 0.3) is 0 Å². The molecule has 5 heteroatoms. The molecule has 0 spiro atoms. The highest BCUT2D eigenvalue weighted by atomic mass is 35.5. The average molecular weight is 287 g/mol. The maximum absolute atomic E-state index is 11.2. The summed E-state index contributed by atoms with van der Waals surface area (Å²) >= 11 is 5.97.